The second-order valence-corrected chi connectivity index (χ2v) is 11.3. The Morgan fingerprint density at radius 2 is 1.73 bits per heavy atom. The quantitative estimate of drug-likeness (QED) is 0.343. The fourth-order valence-electron chi connectivity index (χ4n) is 5.11. The third kappa shape index (κ3) is 6.32. The van der Waals surface area contributed by atoms with Crippen LogP contribution in [0.4, 0.5) is 26.2 Å². The number of aromatic nitrogens is 2. The van der Waals surface area contributed by atoms with E-state index in [1.165, 1.54) is 24.8 Å². The zero-order valence-corrected chi connectivity index (χ0v) is 21.9. The molecule has 2 aromatic rings. The van der Waals surface area contributed by atoms with Gasteiger partial charge in [-0.2, -0.15) is 4.98 Å². The predicted octanol–water partition coefficient (Wildman–Crippen LogP) is 4.24. The van der Waals surface area contributed by atoms with Crippen LogP contribution in [0, 0.1) is 12.3 Å². The predicted molar refractivity (Wildman–Crippen MR) is 142 cm³/mol. The molecule has 2 aliphatic heterocycles. The normalized spacial score (nSPS) is 20.2. The van der Waals surface area contributed by atoms with Gasteiger partial charge in [-0.3, -0.25) is 14.8 Å². The molecule has 3 heterocycles. The van der Waals surface area contributed by atoms with Gasteiger partial charge in [0.05, 0.1) is 17.9 Å². The molecule has 37 heavy (non-hydrogen) atoms. The minimum Gasteiger partial charge on any atom is -0.395 e. The summed E-state index contributed by atoms with van der Waals surface area (Å²) in [5, 5.41) is 11.9. The van der Waals surface area contributed by atoms with Crippen LogP contribution in [-0.4, -0.2) is 66.2 Å². The van der Waals surface area contributed by atoms with Gasteiger partial charge < -0.3 is 14.9 Å². The number of benzene rings is 1. The number of nitrogens with one attached hydrogen (secondary N) is 2. The molecule has 2 saturated heterocycles. The van der Waals surface area contributed by atoms with Crippen LogP contribution in [0.2, 0.25) is 0 Å². The highest BCUT2D eigenvalue weighted by molar-refractivity contribution is 7.97. The molecular weight excluding hydrogens is 498 g/mol. The highest BCUT2D eigenvalue weighted by Crippen LogP contribution is 2.54. The van der Waals surface area contributed by atoms with Gasteiger partial charge in [-0.05, 0) is 68.2 Å². The van der Waals surface area contributed by atoms with Crippen molar-refractivity contribution in [2.75, 3.05) is 54.4 Å². The molecule has 3 fully saturated rings. The standard InChI is InChI=1S/C26H34F2N6O2S/c1-18-16-22(34-13-8-26(27,28)9-14-34)31-24(30-18)32-23(36)20-3-2-19(37-29-10-15-35)17-21(20)33-11-6-25(4-5-25)7-12-33/h2-3,16-17,29,35H,4-15H2,1H3,(H,30,31,32,36). The van der Waals surface area contributed by atoms with Gasteiger partial charge in [-0.15, -0.1) is 0 Å². The number of carbonyl (C=O) groups excluding carboxylic acids is 1. The van der Waals surface area contributed by atoms with Crippen molar-refractivity contribution in [3.63, 3.8) is 0 Å². The van der Waals surface area contributed by atoms with E-state index >= 15 is 0 Å². The number of amides is 1. The number of piperidine rings is 2. The Hall–Kier alpha value is -2.50. The van der Waals surface area contributed by atoms with E-state index in [2.05, 4.69) is 24.9 Å². The number of aliphatic hydroxyl groups excluding tert-OH is 1. The van der Waals surface area contributed by atoms with Crippen LogP contribution in [-0.2, 0) is 0 Å². The van der Waals surface area contributed by atoms with E-state index in [1.807, 2.05) is 23.1 Å². The minimum absolute atomic E-state index is 0.0485. The van der Waals surface area contributed by atoms with Crippen molar-refractivity contribution in [2.24, 2.45) is 5.41 Å². The fourth-order valence-corrected chi connectivity index (χ4v) is 5.78. The Labute approximate surface area is 220 Å². The number of carbonyl (C=O) groups is 1. The molecule has 0 radical (unpaired) electrons. The van der Waals surface area contributed by atoms with Crippen LogP contribution >= 0.6 is 11.9 Å². The number of hydrogen-bond acceptors (Lipinski definition) is 8. The summed E-state index contributed by atoms with van der Waals surface area (Å²) in [5.41, 5.74) is 2.58. The largest absolute Gasteiger partial charge is 0.395 e. The minimum atomic E-state index is -2.64. The summed E-state index contributed by atoms with van der Waals surface area (Å²) in [6.45, 7) is 4.55. The molecule has 0 unspecified atom stereocenters. The molecule has 11 heteroatoms. The van der Waals surface area contributed by atoms with E-state index in [1.54, 1.807) is 13.0 Å². The Balaban J connectivity index is 1.35. The van der Waals surface area contributed by atoms with Crippen molar-refractivity contribution in [3.8, 4) is 0 Å². The smallest absolute Gasteiger partial charge is 0.260 e. The number of nitrogens with zero attached hydrogens (tertiary/aromatic N) is 4. The zero-order chi connectivity index (χ0) is 26.0. The van der Waals surface area contributed by atoms with Crippen LogP contribution in [0.3, 0.4) is 0 Å². The van der Waals surface area contributed by atoms with E-state index in [4.69, 9.17) is 5.11 Å². The van der Waals surface area contributed by atoms with E-state index < -0.39 is 5.92 Å². The summed E-state index contributed by atoms with van der Waals surface area (Å²) in [7, 11) is 0. The lowest BCUT2D eigenvalue weighted by molar-refractivity contribution is -0.0221. The van der Waals surface area contributed by atoms with Gasteiger partial charge in [0, 0.05) is 62.2 Å². The molecule has 1 saturated carbocycles. The molecule has 1 aliphatic carbocycles. The van der Waals surface area contributed by atoms with E-state index in [0.29, 0.717) is 29.0 Å². The van der Waals surface area contributed by atoms with Crippen molar-refractivity contribution in [1.82, 2.24) is 14.7 Å². The summed E-state index contributed by atoms with van der Waals surface area (Å²) in [6.07, 6.45) is 4.44. The van der Waals surface area contributed by atoms with E-state index in [-0.39, 0.29) is 44.4 Å². The average Bonchev–Trinajstić information content (AvgIpc) is 3.62. The Morgan fingerprint density at radius 3 is 2.41 bits per heavy atom. The van der Waals surface area contributed by atoms with Crippen LogP contribution in [0.25, 0.3) is 0 Å². The second-order valence-electron chi connectivity index (χ2n) is 10.4. The maximum Gasteiger partial charge on any atom is 0.260 e. The van der Waals surface area contributed by atoms with E-state index in [9.17, 15) is 13.6 Å². The van der Waals surface area contributed by atoms with Crippen LogP contribution in [0.5, 0.6) is 0 Å². The second kappa shape index (κ2) is 10.7. The highest BCUT2D eigenvalue weighted by atomic mass is 32.2. The highest BCUT2D eigenvalue weighted by Gasteiger charge is 2.44. The van der Waals surface area contributed by atoms with Gasteiger partial charge in [-0.25, -0.2) is 13.8 Å². The molecule has 1 spiro atoms. The number of rotatable bonds is 8. The van der Waals surface area contributed by atoms with Crippen molar-refractivity contribution in [3.05, 3.63) is 35.5 Å². The first-order valence-corrected chi connectivity index (χ1v) is 13.8. The van der Waals surface area contributed by atoms with Crippen LogP contribution in [0.1, 0.15) is 54.6 Å². The van der Waals surface area contributed by atoms with Gasteiger partial charge >= 0.3 is 0 Å². The van der Waals surface area contributed by atoms with Crippen molar-refractivity contribution >= 4 is 35.3 Å². The monoisotopic (exact) mass is 532 g/mol. The summed E-state index contributed by atoms with van der Waals surface area (Å²) in [6, 6.07) is 7.48. The summed E-state index contributed by atoms with van der Waals surface area (Å²) < 4.78 is 30.4. The topological polar surface area (TPSA) is 93.6 Å². The van der Waals surface area contributed by atoms with Gasteiger partial charge in [0.2, 0.25) is 5.95 Å². The van der Waals surface area contributed by atoms with Gasteiger partial charge in [0.1, 0.15) is 5.82 Å². The summed E-state index contributed by atoms with van der Waals surface area (Å²) in [4.78, 5) is 27.4. The number of aryl methyl sites for hydroxylation is 1. The first-order chi connectivity index (χ1) is 17.8. The number of anilines is 3. The first-order valence-electron chi connectivity index (χ1n) is 13.0. The van der Waals surface area contributed by atoms with Crippen molar-refractivity contribution in [1.29, 1.82) is 0 Å². The third-order valence-electron chi connectivity index (χ3n) is 7.62. The first kappa shape index (κ1) is 26.1. The molecule has 1 aromatic carbocycles. The molecule has 0 bridgehead atoms. The lowest BCUT2D eigenvalue weighted by Crippen LogP contribution is -2.40. The average molecular weight is 533 g/mol. The molecule has 200 valence electrons. The maximum absolute atomic E-state index is 13.6. The number of hydrogen-bond donors (Lipinski definition) is 3. The summed E-state index contributed by atoms with van der Waals surface area (Å²) in [5.74, 6) is -2.23. The number of aliphatic hydroxyl groups is 1. The number of alkyl halides is 2. The van der Waals surface area contributed by atoms with Crippen LogP contribution < -0.4 is 19.8 Å². The van der Waals surface area contributed by atoms with Gasteiger partial charge in [0.15, 0.2) is 0 Å². The Bertz CT molecular complexity index is 1130. The van der Waals surface area contributed by atoms with Crippen molar-refractivity contribution in [2.45, 2.75) is 56.3 Å². The molecule has 3 N–H and O–H groups in total. The molecular formula is C26H34F2N6O2S. The molecule has 0 atom stereocenters. The molecule has 1 aromatic heterocycles. The van der Waals surface area contributed by atoms with E-state index in [0.717, 1.165) is 36.5 Å². The van der Waals surface area contributed by atoms with Crippen molar-refractivity contribution < 1.29 is 18.7 Å². The third-order valence-corrected chi connectivity index (χ3v) is 8.46. The molecule has 5 rings (SSSR count). The lowest BCUT2D eigenvalue weighted by Gasteiger charge is -2.35. The SMILES string of the molecule is Cc1cc(N2CCC(F)(F)CC2)nc(NC(=O)c2ccc(SNCCO)cc2N2CCC3(CC2)CC3)n1. The lowest BCUT2D eigenvalue weighted by atomic mass is 9.93. The Kier molecular flexibility index (Phi) is 7.56. The van der Waals surface area contributed by atoms with Crippen LogP contribution in [0.15, 0.2) is 29.2 Å². The van der Waals surface area contributed by atoms with Gasteiger partial charge in [-0.1, -0.05) is 0 Å². The zero-order valence-electron chi connectivity index (χ0n) is 21.1. The number of halogens is 2. The molecule has 3 aliphatic rings. The molecule has 1 amide bonds. The maximum atomic E-state index is 13.6. The van der Waals surface area contributed by atoms with Gasteiger partial charge in [0.25, 0.3) is 11.8 Å². The summed E-state index contributed by atoms with van der Waals surface area (Å²) >= 11 is 1.43. The fraction of sp³-hybridized carbons (Fsp3) is 0.577. The Morgan fingerprint density at radius 1 is 1.03 bits per heavy atom. The molecule has 8 nitrogen and oxygen atoms in total.